The average Bonchev–Trinajstić information content (AvgIpc) is 3.08. The van der Waals surface area contributed by atoms with Gasteiger partial charge in [0.15, 0.2) is 5.82 Å². The number of anilines is 1. The predicted molar refractivity (Wildman–Crippen MR) is 123 cm³/mol. The van der Waals surface area contributed by atoms with E-state index in [0.29, 0.717) is 49.1 Å². The summed E-state index contributed by atoms with van der Waals surface area (Å²) in [6.45, 7) is 3.44. The molecule has 1 fully saturated rings. The normalized spacial score (nSPS) is 18.8. The van der Waals surface area contributed by atoms with E-state index < -0.39 is 22.2 Å². The highest BCUT2D eigenvalue weighted by atomic mass is 35.5. The van der Waals surface area contributed by atoms with Crippen molar-refractivity contribution < 1.29 is 27.4 Å². The zero-order valence-electron chi connectivity index (χ0n) is 18.2. The second kappa shape index (κ2) is 9.69. The van der Waals surface area contributed by atoms with Crippen LogP contribution in [0.3, 0.4) is 0 Å². The molecule has 180 valence electrons. The minimum atomic E-state index is -2.89. The van der Waals surface area contributed by atoms with Crippen LogP contribution in [0.15, 0.2) is 12.1 Å². The third kappa shape index (κ3) is 5.40. The van der Waals surface area contributed by atoms with E-state index in [2.05, 4.69) is 9.97 Å². The number of hydrogen-bond acceptors (Lipinski definition) is 7. The molecule has 0 spiro atoms. The van der Waals surface area contributed by atoms with E-state index in [1.165, 1.54) is 0 Å². The Hall–Kier alpha value is -2.01. The third-order valence-corrected chi connectivity index (χ3v) is 7.82. The summed E-state index contributed by atoms with van der Waals surface area (Å²) in [5.41, 5.74) is 0.946. The minimum Gasteiger partial charge on any atom is -0.466 e. The zero-order valence-corrected chi connectivity index (χ0v) is 19.8. The van der Waals surface area contributed by atoms with Crippen LogP contribution < -0.4 is 4.90 Å². The van der Waals surface area contributed by atoms with E-state index in [4.69, 9.17) is 16.3 Å². The Kier molecular flexibility index (Phi) is 7.09. The molecule has 1 aromatic carbocycles. The summed E-state index contributed by atoms with van der Waals surface area (Å²) in [6.07, 6.45) is 2.78. The lowest BCUT2D eigenvalue weighted by Crippen LogP contribution is -2.35. The van der Waals surface area contributed by atoms with E-state index >= 15 is 0 Å². The predicted octanol–water partition coefficient (Wildman–Crippen LogP) is 5.40. The Morgan fingerprint density at radius 3 is 2.64 bits per heavy atom. The molecule has 0 atom stereocenters. The molecule has 3 heterocycles. The zero-order chi connectivity index (χ0) is 23.8. The maximum Gasteiger partial charge on any atom is 0.305 e. The van der Waals surface area contributed by atoms with Crippen LogP contribution in [0.4, 0.5) is 14.6 Å². The molecular weight excluding hydrogens is 476 g/mol. The van der Waals surface area contributed by atoms with Crippen LogP contribution in [0, 0.1) is 17.6 Å². The number of nitrogens with zero attached hydrogens (tertiary/aromatic N) is 3. The quantitative estimate of drug-likeness (QED) is 0.404. The molecule has 33 heavy (non-hydrogen) atoms. The number of carbonyl (C=O) groups excluding carboxylic acids is 1. The summed E-state index contributed by atoms with van der Waals surface area (Å²) in [6, 6.07) is 1.84. The smallest absolute Gasteiger partial charge is 0.305 e. The van der Waals surface area contributed by atoms with Crippen LogP contribution in [0.2, 0.25) is 5.02 Å². The topological polar surface area (TPSA) is 95.8 Å². The van der Waals surface area contributed by atoms with Crippen molar-refractivity contribution in [3.8, 4) is 11.4 Å². The van der Waals surface area contributed by atoms with Crippen molar-refractivity contribution >= 4 is 34.0 Å². The fourth-order valence-corrected chi connectivity index (χ4v) is 6.04. The number of ether oxygens (including phenoxy) is 1. The molecule has 2 aliphatic rings. The molecule has 0 unspecified atom stereocenters. The lowest BCUT2D eigenvalue weighted by atomic mass is 9.92. The summed E-state index contributed by atoms with van der Waals surface area (Å²) >= 11 is 5.68. The first-order chi connectivity index (χ1) is 15.7. The van der Waals surface area contributed by atoms with Crippen molar-refractivity contribution in [1.29, 1.82) is 0 Å². The van der Waals surface area contributed by atoms with Crippen molar-refractivity contribution in [2.75, 3.05) is 24.6 Å². The van der Waals surface area contributed by atoms with Gasteiger partial charge in [0.1, 0.15) is 17.5 Å². The van der Waals surface area contributed by atoms with Crippen LogP contribution in [-0.4, -0.2) is 44.7 Å². The summed E-state index contributed by atoms with van der Waals surface area (Å²) in [5.74, 6) is -0.871. The third-order valence-electron chi connectivity index (χ3n) is 6.04. The standard InChI is InChI=1S/C22H26ClF2N3O4S/c1-2-32-20(29)4-3-13-5-7-28(8-6-13)22-15-11-33(30,31)12-19(15)26-21(27-22)14-9-18(25)16(23)10-17(14)24/h9-10,13,30-31H,2-8,11-12H2,1H3. The molecule has 11 heteroatoms. The van der Waals surface area contributed by atoms with Crippen LogP contribution in [-0.2, 0) is 21.0 Å². The van der Waals surface area contributed by atoms with Crippen molar-refractivity contribution in [3.63, 3.8) is 0 Å². The average molecular weight is 502 g/mol. The number of aromatic nitrogens is 2. The van der Waals surface area contributed by atoms with E-state index in [9.17, 15) is 22.7 Å². The van der Waals surface area contributed by atoms with Gasteiger partial charge in [-0.15, -0.1) is 0 Å². The fraction of sp³-hybridized carbons (Fsp3) is 0.500. The highest BCUT2D eigenvalue weighted by Gasteiger charge is 2.34. The highest BCUT2D eigenvalue weighted by molar-refractivity contribution is 8.23. The lowest BCUT2D eigenvalue weighted by molar-refractivity contribution is -0.143. The molecule has 0 saturated carbocycles. The van der Waals surface area contributed by atoms with Gasteiger partial charge in [-0.05, 0) is 44.2 Å². The van der Waals surface area contributed by atoms with Crippen molar-refractivity contribution in [2.45, 2.75) is 44.1 Å². The molecule has 0 amide bonds. The fourth-order valence-electron chi connectivity index (χ4n) is 4.35. The second-order valence-electron chi connectivity index (χ2n) is 8.41. The molecule has 0 radical (unpaired) electrons. The first kappa shape index (κ1) is 24.1. The van der Waals surface area contributed by atoms with Crippen molar-refractivity contribution in [3.05, 3.63) is 40.0 Å². The van der Waals surface area contributed by atoms with E-state index in [0.717, 1.165) is 31.4 Å². The summed E-state index contributed by atoms with van der Waals surface area (Å²) in [7, 11) is -2.89. The van der Waals surface area contributed by atoms with Gasteiger partial charge in [0.25, 0.3) is 0 Å². The van der Waals surface area contributed by atoms with Crippen LogP contribution in [0.25, 0.3) is 11.4 Å². The first-order valence-corrected chi connectivity index (χ1v) is 13.1. The largest absolute Gasteiger partial charge is 0.466 e. The first-order valence-electron chi connectivity index (χ1n) is 10.9. The van der Waals surface area contributed by atoms with Gasteiger partial charge in [0.05, 0.1) is 34.4 Å². The monoisotopic (exact) mass is 501 g/mol. The maximum atomic E-state index is 14.6. The summed E-state index contributed by atoms with van der Waals surface area (Å²) in [4.78, 5) is 22.6. The highest BCUT2D eigenvalue weighted by Crippen LogP contribution is 2.54. The lowest BCUT2D eigenvalue weighted by Gasteiger charge is -2.34. The molecule has 4 rings (SSSR count). The molecule has 1 saturated heterocycles. The number of piperidine rings is 1. The Morgan fingerprint density at radius 2 is 1.94 bits per heavy atom. The molecule has 0 aliphatic carbocycles. The van der Waals surface area contributed by atoms with Crippen LogP contribution in [0.1, 0.15) is 43.9 Å². The number of esters is 1. The van der Waals surface area contributed by atoms with Crippen molar-refractivity contribution in [1.82, 2.24) is 9.97 Å². The van der Waals surface area contributed by atoms with Crippen LogP contribution >= 0.6 is 22.2 Å². The van der Waals surface area contributed by atoms with Gasteiger partial charge in [-0.25, -0.2) is 18.7 Å². The Balaban J connectivity index is 1.59. The van der Waals surface area contributed by atoms with Gasteiger partial charge in [-0.1, -0.05) is 11.6 Å². The maximum absolute atomic E-state index is 14.6. The Bertz CT molecular complexity index is 1060. The van der Waals surface area contributed by atoms with Gasteiger partial charge in [-0.2, -0.15) is 10.6 Å². The van der Waals surface area contributed by atoms with Crippen molar-refractivity contribution in [2.24, 2.45) is 5.92 Å². The Morgan fingerprint density at radius 1 is 1.21 bits per heavy atom. The molecule has 2 aromatic rings. The molecule has 7 nitrogen and oxygen atoms in total. The van der Waals surface area contributed by atoms with Gasteiger partial charge < -0.3 is 9.64 Å². The van der Waals surface area contributed by atoms with Gasteiger partial charge in [0.2, 0.25) is 0 Å². The SMILES string of the molecule is CCOC(=O)CCC1CCN(c2nc(-c3cc(F)c(Cl)cc3F)nc3c2CS(O)(O)C3)CC1. The Labute approximate surface area is 197 Å². The molecule has 1 aromatic heterocycles. The summed E-state index contributed by atoms with van der Waals surface area (Å²) in [5, 5.41) is -0.336. The second-order valence-corrected chi connectivity index (χ2v) is 11.0. The number of benzene rings is 1. The van der Waals surface area contributed by atoms with E-state index in [1.807, 2.05) is 4.90 Å². The number of rotatable bonds is 6. The molecule has 2 aliphatic heterocycles. The van der Waals surface area contributed by atoms with Crippen LogP contribution in [0.5, 0.6) is 0 Å². The minimum absolute atomic E-state index is 0.0154. The summed E-state index contributed by atoms with van der Waals surface area (Å²) < 4.78 is 54.2. The van der Waals surface area contributed by atoms with E-state index in [-0.39, 0.29) is 33.9 Å². The number of halogens is 3. The van der Waals surface area contributed by atoms with Gasteiger partial charge >= 0.3 is 5.97 Å². The molecule has 0 bridgehead atoms. The van der Waals surface area contributed by atoms with Gasteiger partial charge in [-0.3, -0.25) is 13.9 Å². The van der Waals surface area contributed by atoms with E-state index in [1.54, 1.807) is 6.92 Å². The number of hydrogen-bond donors (Lipinski definition) is 2. The molecular formula is C22H26ClF2N3O4S. The van der Waals surface area contributed by atoms with Gasteiger partial charge in [0, 0.05) is 25.1 Å². The number of carbonyl (C=O) groups is 1. The number of fused-ring (bicyclic) bond motifs is 1. The molecule has 2 N–H and O–H groups in total.